The molecule has 164 valence electrons. The minimum atomic E-state index is -0.819. The summed E-state index contributed by atoms with van der Waals surface area (Å²) in [7, 11) is 0. The smallest absolute Gasteiger partial charge is 0.295 e. The molecule has 5 rings (SSSR count). The van der Waals surface area contributed by atoms with Crippen LogP contribution in [0.2, 0.25) is 0 Å². The monoisotopic (exact) mass is 435 g/mol. The molecule has 2 aliphatic heterocycles. The lowest BCUT2D eigenvalue weighted by Gasteiger charge is -2.23. The van der Waals surface area contributed by atoms with Crippen molar-refractivity contribution >= 4 is 17.4 Å². The van der Waals surface area contributed by atoms with Crippen LogP contribution in [0.25, 0.3) is 5.76 Å². The maximum absolute atomic E-state index is 13.0. The van der Waals surface area contributed by atoms with Gasteiger partial charge in [-0.1, -0.05) is 0 Å². The van der Waals surface area contributed by atoms with Crippen LogP contribution in [0.3, 0.4) is 0 Å². The van der Waals surface area contributed by atoms with Crippen LogP contribution in [0, 0.1) is 0 Å². The van der Waals surface area contributed by atoms with E-state index in [4.69, 9.17) is 13.9 Å². The molecule has 9 nitrogen and oxygen atoms in total. The summed E-state index contributed by atoms with van der Waals surface area (Å²) >= 11 is 0. The summed E-state index contributed by atoms with van der Waals surface area (Å²) in [6.45, 7) is 1.79. The first-order chi connectivity index (χ1) is 15.6. The van der Waals surface area contributed by atoms with Crippen LogP contribution in [0.15, 0.2) is 65.3 Å². The standard InChI is InChI=1S/C23H21N3O6/c27-21(15-4-5-16-18(13-15)32-12-11-31-16)19-20(17-3-1-10-30-17)26(23(29)22(19)28)8-2-7-25-9-6-24-14-25/h1,3-6,9-10,13-14,20,27H,2,7-8,11-12H2/t20-/m1/s1. The average Bonchev–Trinajstić information content (AvgIpc) is 3.57. The molecule has 2 aromatic heterocycles. The lowest BCUT2D eigenvalue weighted by atomic mass is 9.99. The van der Waals surface area contributed by atoms with E-state index in [2.05, 4.69) is 4.98 Å². The number of carbonyl (C=O) groups excluding carboxylic acids is 2. The summed E-state index contributed by atoms with van der Waals surface area (Å²) in [5.41, 5.74) is 0.353. The number of aryl methyl sites for hydroxylation is 1. The fraction of sp³-hybridized carbons (Fsp3) is 0.261. The highest BCUT2D eigenvalue weighted by molar-refractivity contribution is 6.46. The zero-order valence-electron chi connectivity index (χ0n) is 17.1. The van der Waals surface area contributed by atoms with Gasteiger partial charge in [-0.05, 0) is 36.8 Å². The number of amides is 1. The molecule has 3 aromatic rings. The number of rotatable bonds is 6. The van der Waals surface area contributed by atoms with Gasteiger partial charge in [0, 0.05) is 31.0 Å². The lowest BCUT2D eigenvalue weighted by molar-refractivity contribution is -0.140. The molecule has 1 N–H and O–H groups in total. The third-order valence-electron chi connectivity index (χ3n) is 5.54. The minimum absolute atomic E-state index is 0.00995. The van der Waals surface area contributed by atoms with Crippen LogP contribution in [0.1, 0.15) is 23.8 Å². The summed E-state index contributed by atoms with van der Waals surface area (Å²) in [6, 6.07) is 7.47. The number of ketones is 1. The molecule has 0 radical (unpaired) electrons. The SMILES string of the molecule is O=C1C(=O)N(CCCn2ccnc2)[C@H](c2ccco2)C1=C(O)c1ccc2c(c1)OCCO2. The zero-order valence-corrected chi connectivity index (χ0v) is 17.1. The van der Waals surface area contributed by atoms with Crippen LogP contribution in [-0.2, 0) is 16.1 Å². The summed E-state index contributed by atoms with van der Waals surface area (Å²) < 4.78 is 18.6. The number of likely N-dealkylation sites (tertiary alicyclic amines) is 1. The van der Waals surface area contributed by atoms with E-state index in [0.717, 1.165) is 0 Å². The van der Waals surface area contributed by atoms with E-state index < -0.39 is 17.7 Å². The number of aliphatic hydroxyl groups excluding tert-OH is 1. The first kappa shape index (κ1) is 19.9. The number of aromatic nitrogens is 2. The Balaban J connectivity index is 1.49. The van der Waals surface area contributed by atoms with E-state index in [-0.39, 0.29) is 11.3 Å². The van der Waals surface area contributed by atoms with Crippen LogP contribution in [0.5, 0.6) is 11.5 Å². The topological polar surface area (TPSA) is 107 Å². The van der Waals surface area contributed by atoms with E-state index in [1.54, 1.807) is 42.9 Å². The number of imidazole rings is 1. The summed E-state index contributed by atoms with van der Waals surface area (Å²) in [4.78, 5) is 31.4. The van der Waals surface area contributed by atoms with E-state index in [0.29, 0.717) is 55.5 Å². The Bertz CT molecular complexity index is 1170. The Morgan fingerprint density at radius 1 is 1.12 bits per heavy atom. The number of Topliss-reactive ketones (excluding diaryl/α,β-unsaturated/α-hetero) is 1. The molecular weight excluding hydrogens is 414 g/mol. The lowest BCUT2D eigenvalue weighted by Crippen LogP contribution is -2.31. The quantitative estimate of drug-likeness (QED) is 0.360. The number of benzene rings is 1. The Morgan fingerprint density at radius 2 is 1.97 bits per heavy atom. The van der Waals surface area contributed by atoms with Gasteiger partial charge >= 0.3 is 0 Å². The number of ether oxygens (including phenoxy) is 2. The van der Waals surface area contributed by atoms with Crippen molar-refractivity contribution < 1.29 is 28.6 Å². The average molecular weight is 435 g/mol. The van der Waals surface area contributed by atoms with Gasteiger partial charge in [-0.15, -0.1) is 0 Å². The zero-order chi connectivity index (χ0) is 22.1. The largest absolute Gasteiger partial charge is 0.507 e. The van der Waals surface area contributed by atoms with Crippen molar-refractivity contribution in [3.63, 3.8) is 0 Å². The van der Waals surface area contributed by atoms with Gasteiger partial charge in [-0.3, -0.25) is 9.59 Å². The van der Waals surface area contributed by atoms with Gasteiger partial charge in [0.2, 0.25) is 0 Å². The number of hydrogen-bond acceptors (Lipinski definition) is 7. The molecule has 1 amide bonds. The number of furan rings is 1. The van der Waals surface area contributed by atoms with Crippen molar-refractivity contribution in [2.24, 2.45) is 0 Å². The molecule has 0 spiro atoms. The molecule has 0 aliphatic carbocycles. The summed E-state index contributed by atoms with van der Waals surface area (Å²) in [5, 5.41) is 11.1. The van der Waals surface area contributed by atoms with Crippen LogP contribution in [0.4, 0.5) is 0 Å². The van der Waals surface area contributed by atoms with Gasteiger partial charge in [0.05, 0.1) is 18.2 Å². The highest BCUT2D eigenvalue weighted by Gasteiger charge is 2.47. The number of carbonyl (C=O) groups is 2. The van der Waals surface area contributed by atoms with Crippen molar-refractivity contribution in [2.45, 2.75) is 19.0 Å². The molecule has 0 bridgehead atoms. The van der Waals surface area contributed by atoms with Crippen LogP contribution >= 0.6 is 0 Å². The van der Waals surface area contributed by atoms with E-state index in [9.17, 15) is 14.7 Å². The van der Waals surface area contributed by atoms with Gasteiger partial charge in [-0.2, -0.15) is 0 Å². The summed E-state index contributed by atoms with van der Waals surface area (Å²) in [5.74, 6) is -0.248. The first-order valence-electron chi connectivity index (χ1n) is 10.3. The number of aliphatic hydroxyl groups is 1. The van der Waals surface area contributed by atoms with Crippen molar-refractivity contribution in [3.05, 3.63) is 72.2 Å². The Kier molecular flexibility index (Phi) is 5.14. The fourth-order valence-electron chi connectivity index (χ4n) is 4.04. The first-order valence-corrected chi connectivity index (χ1v) is 10.3. The second-order valence-electron chi connectivity index (χ2n) is 7.52. The second kappa shape index (κ2) is 8.26. The van der Waals surface area contributed by atoms with Crippen molar-refractivity contribution in [2.75, 3.05) is 19.8 Å². The normalized spacial score (nSPS) is 19.5. The highest BCUT2D eigenvalue weighted by atomic mass is 16.6. The molecule has 2 aliphatic rings. The maximum Gasteiger partial charge on any atom is 0.295 e. The van der Waals surface area contributed by atoms with Gasteiger partial charge in [0.15, 0.2) is 11.5 Å². The number of nitrogens with zero attached hydrogens (tertiary/aromatic N) is 3. The maximum atomic E-state index is 13.0. The third-order valence-corrected chi connectivity index (χ3v) is 5.54. The Labute approximate surface area is 183 Å². The molecule has 1 fully saturated rings. The van der Waals surface area contributed by atoms with Crippen molar-refractivity contribution in [1.29, 1.82) is 0 Å². The number of fused-ring (bicyclic) bond motifs is 1. The molecule has 0 saturated carbocycles. The predicted octanol–water partition coefficient (Wildman–Crippen LogP) is 2.76. The predicted molar refractivity (Wildman–Crippen MR) is 112 cm³/mol. The van der Waals surface area contributed by atoms with Gasteiger partial charge < -0.3 is 28.5 Å². The van der Waals surface area contributed by atoms with Crippen molar-refractivity contribution in [1.82, 2.24) is 14.5 Å². The molecule has 1 aromatic carbocycles. The van der Waals surface area contributed by atoms with E-state index in [1.165, 1.54) is 11.2 Å². The molecule has 4 heterocycles. The second-order valence-corrected chi connectivity index (χ2v) is 7.52. The molecule has 1 atom stereocenters. The van der Waals surface area contributed by atoms with Crippen LogP contribution < -0.4 is 9.47 Å². The fourth-order valence-corrected chi connectivity index (χ4v) is 4.04. The summed E-state index contributed by atoms with van der Waals surface area (Å²) in [6.07, 6.45) is 7.29. The molecule has 1 saturated heterocycles. The van der Waals surface area contributed by atoms with Crippen LogP contribution in [-0.4, -0.2) is 51.0 Å². The highest BCUT2D eigenvalue weighted by Crippen LogP contribution is 2.41. The molecule has 32 heavy (non-hydrogen) atoms. The third kappa shape index (κ3) is 3.51. The van der Waals surface area contributed by atoms with Gasteiger partial charge in [0.25, 0.3) is 11.7 Å². The molecule has 9 heteroatoms. The van der Waals surface area contributed by atoms with Crippen molar-refractivity contribution in [3.8, 4) is 11.5 Å². The Hall–Kier alpha value is -4.01. The molecular formula is C23H21N3O6. The minimum Gasteiger partial charge on any atom is -0.507 e. The number of hydrogen-bond donors (Lipinski definition) is 1. The van der Waals surface area contributed by atoms with Gasteiger partial charge in [0.1, 0.15) is 30.8 Å². The Morgan fingerprint density at radius 3 is 2.72 bits per heavy atom. The molecule has 0 unspecified atom stereocenters. The van der Waals surface area contributed by atoms with Gasteiger partial charge in [-0.25, -0.2) is 4.98 Å². The van der Waals surface area contributed by atoms with E-state index in [1.807, 2.05) is 10.8 Å². The van der Waals surface area contributed by atoms with E-state index >= 15 is 0 Å².